The molecular formula is C29H43N7O9S. The predicted octanol–water partition coefficient (Wildman–Crippen LogP) is 2.66. The molecule has 0 spiro atoms. The zero-order chi connectivity index (χ0) is 33.9. The number of H-pyrrole nitrogens is 1. The van der Waals surface area contributed by atoms with Crippen LogP contribution in [0.1, 0.15) is 58.1 Å². The molecule has 0 aliphatic carbocycles. The highest BCUT2D eigenvalue weighted by Gasteiger charge is 2.39. The molecule has 3 N–H and O–H groups in total. The quantitative estimate of drug-likeness (QED) is 0.0613. The Labute approximate surface area is 268 Å². The molecule has 1 aliphatic rings. The maximum atomic E-state index is 13.6. The Kier molecular flexibility index (Phi) is 13.4. The van der Waals surface area contributed by atoms with Gasteiger partial charge >= 0.3 is 5.97 Å². The average molecular weight is 666 g/mol. The summed E-state index contributed by atoms with van der Waals surface area (Å²) in [6.45, 7) is 5.06. The molecule has 0 radical (unpaired) electrons. The van der Waals surface area contributed by atoms with Crippen molar-refractivity contribution in [3.63, 3.8) is 0 Å². The Bertz CT molecular complexity index is 1540. The van der Waals surface area contributed by atoms with Crippen LogP contribution in [0.15, 0.2) is 27.9 Å². The maximum Gasteiger partial charge on any atom is 0.305 e. The van der Waals surface area contributed by atoms with Crippen LogP contribution >= 0.6 is 0 Å². The molecule has 17 heteroatoms. The number of ether oxygens (including phenoxy) is 2. The number of carbonyl (C=O) groups is 1. The van der Waals surface area contributed by atoms with Gasteiger partial charge in [-0.15, -0.1) is 10.1 Å². The van der Waals surface area contributed by atoms with Crippen LogP contribution in [-0.2, 0) is 24.4 Å². The summed E-state index contributed by atoms with van der Waals surface area (Å²) < 4.78 is 39.5. The number of nitrogens with one attached hydrogen (secondary N) is 3. The van der Waals surface area contributed by atoms with Gasteiger partial charge in [-0.1, -0.05) is 19.8 Å². The van der Waals surface area contributed by atoms with Gasteiger partial charge in [0.05, 0.1) is 29.4 Å². The molecule has 46 heavy (non-hydrogen) atoms. The summed E-state index contributed by atoms with van der Waals surface area (Å²) >= 11 is 0. The maximum absolute atomic E-state index is 13.6. The number of likely N-dealkylation sites (N-methyl/N-ethyl adjacent to an activating group) is 1. The molecule has 254 valence electrons. The van der Waals surface area contributed by atoms with E-state index < -0.39 is 20.7 Å². The number of sulfonamides is 1. The Morgan fingerprint density at radius 1 is 1.22 bits per heavy atom. The second kappa shape index (κ2) is 17.0. The fraction of sp³-hybridized carbons (Fsp3) is 0.586. The van der Waals surface area contributed by atoms with E-state index in [9.17, 15) is 28.1 Å². The molecule has 1 aromatic carbocycles. The van der Waals surface area contributed by atoms with Crippen LogP contribution < -0.4 is 15.6 Å². The van der Waals surface area contributed by atoms with E-state index in [0.717, 1.165) is 0 Å². The van der Waals surface area contributed by atoms with Crippen LogP contribution in [0, 0.1) is 15.5 Å². The summed E-state index contributed by atoms with van der Waals surface area (Å²) in [7, 11) is -0.496. The van der Waals surface area contributed by atoms with Gasteiger partial charge in [-0.05, 0) is 51.4 Å². The number of hydrogen-bond acceptors (Lipinski definition) is 13. The molecule has 0 unspecified atom stereocenters. The van der Waals surface area contributed by atoms with Crippen molar-refractivity contribution >= 4 is 27.4 Å². The summed E-state index contributed by atoms with van der Waals surface area (Å²) in [6.07, 6.45) is 2.92. The molecule has 1 aliphatic heterocycles. The van der Waals surface area contributed by atoms with Gasteiger partial charge in [0.15, 0.2) is 0 Å². The van der Waals surface area contributed by atoms with Crippen molar-refractivity contribution in [2.45, 2.75) is 63.3 Å². The summed E-state index contributed by atoms with van der Waals surface area (Å²) in [4.78, 5) is 48.4. The van der Waals surface area contributed by atoms with E-state index in [0.29, 0.717) is 51.0 Å². The number of carbonyl (C=O) groups excluding carboxylic acids is 1. The number of rotatable bonds is 20. The minimum atomic E-state index is -3.90. The molecule has 16 nitrogen and oxygen atoms in total. The lowest BCUT2D eigenvalue weighted by molar-refractivity contribution is -0.757. The standard InChI is InChI=1S/C29H43N7O9S/c1-5-10-23(30)26-27(31-3)29(38)33-28(32-26)22-17-21(12-13-24(22)43-6-2)46(41,42)35-18-20(19-35)34(4)14-16-44-25(37)11-8-7-9-15-45-36(39)40/h12-13,17,20,30-31H,5-11,14-16,18-19H2,1-4H3,(H,32,33,38). The highest BCUT2D eigenvalue weighted by Crippen LogP contribution is 2.33. The van der Waals surface area contributed by atoms with Gasteiger partial charge in [0.2, 0.25) is 10.0 Å². The monoisotopic (exact) mass is 665 g/mol. The molecular weight excluding hydrogens is 622 g/mol. The van der Waals surface area contributed by atoms with Crippen molar-refractivity contribution in [3.05, 3.63) is 44.4 Å². The number of aromatic amines is 1. The Hall–Kier alpha value is -4.09. The largest absolute Gasteiger partial charge is 0.493 e. The summed E-state index contributed by atoms with van der Waals surface area (Å²) in [5.74, 6) is 0.0767. The van der Waals surface area contributed by atoms with E-state index in [1.54, 1.807) is 14.0 Å². The molecule has 2 aromatic rings. The van der Waals surface area contributed by atoms with Gasteiger partial charge in [0, 0.05) is 39.1 Å². The Balaban J connectivity index is 1.63. The Morgan fingerprint density at radius 2 is 1.96 bits per heavy atom. The first-order valence-corrected chi connectivity index (χ1v) is 16.7. The SMILES string of the molecule is CCCC(=N)c1nc(-c2cc(S(=O)(=O)N3CC(N(C)CCOC(=O)CCCCCO[N+](=O)[O-])C3)ccc2OCC)[nH]c(=O)c1NC. The van der Waals surface area contributed by atoms with Crippen molar-refractivity contribution in [1.82, 2.24) is 19.2 Å². The van der Waals surface area contributed by atoms with E-state index in [-0.39, 0.29) is 78.1 Å². The number of esters is 1. The fourth-order valence-electron chi connectivity index (χ4n) is 4.84. The van der Waals surface area contributed by atoms with Crippen LogP contribution in [0.4, 0.5) is 5.69 Å². The third kappa shape index (κ3) is 9.46. The van der Waals surface area contributed by atoms with E-state index in [4.69, 9.17) is 14.9 Å². The first kappa shape index (κ1) is 36.4. The molecule has 1 fully saturated rings. The highest BCUT2D eigenvalue weighted by atomic mass is 32.2. The number of unbranched alkanes of at least 4 members (excludes halogenated alkanes) is 2. The van der Waals surface area contributed by atoms with Gasteiger partial charge in [-0.3, -0.25) is 14.5 Å². The second-order valence-corrected chi connectivity index (χ2v) is 12.7. The molecule has 0 bridgehead atoms. The smallest absolute Gasteiger partial charge is 0.305 e. The lowest BCUT2D eigenvalue weighted by Crippen LogP contribution is -2.60. The zero-order valence-electron chi connectivity index (χ0n) is 26.7. The minimum Gasteiger partial charge on any atom is -0.493 e. The van der Waals surface area contributed by atoms with E-state index in [1.165, 1.54) is 22.5 Å². The van der Waals surface area contributed by atoms with E-state index >= 15 is 0 Å². The molecule has 3 rings (SSSR count). The molecule has 1 saturated heterocycles. The molecule has 1 aromatic heterocycles. The van der Waals surface area contributed by atoms with Crippen LogP contribution in [0.3, 0.4) is 0 Å². The number of benzene rings is 1. The van der Waals surface area contributed by atoms with E-state index in [1.807, 2.05) is 18.9 Å². The normalized spacial score (nSPS) is 13.7. The molecule has 0 amide bonds. The van der Waals surface area contributed by atoms with Crippen LogP contribution in [0.5, 0.6) is 5.75 Å². The number of aromatic nitrogens is 2. The zero-order valence-corrected chi connectivity index (χ0v) is 27.5. The second-order valence-electron chi connectivity index (χ2n) is 10.8. The van der Waals surface area contributed by atoms with Crippen molar-refractivity contribution in [3.8, 4) is 17.1 Å². The fourth-order valence-corrected chi connectivity index (χ4v) is 6.38. The third-order valence-electron chi connectivity index (χ3n) is 7.48. The van der Waals surface area contributed by atoms with Crippen molar-refractivity contribution < 1.29 is 32.6 Å². The van der Waals surface area contributed by atoms with Gasteiger partial charge in [-0.2, -0.15) is 4.31 Å². The minimum absolute atomic E-state index is 0.00413. The van der Waals surface area contributed by atoms with Gasteiger partial charge in [0.1, 0.15) is 29.6 Å². The predicted molar refractivity (Wildman–Crippen MR) is 170 cm³/mol. The summed E-state index contributed by atoms with van der Waals surface area (Å²) in [5.41, 5.74) is 0.336. The third-order valence-corrected chi connectivity index (χ3v) is 9.31. The van der Waals surface area contributed by atoms with E-state index in [2.05, 4.69) is 20.1 Å². The summed E-state index contributed by atoms with van der Waals surface area (Å²) in [5, 5.41) is 20.5. The number of hydrogen-bond donors (Lipinski definition) is 3. The molecule has 0 atom stereocenters. The van der Waals surface area contributed by atoms with Crippen molar-refractivity contribution in [2.75, 3.05) is 58.9 Å². The molecule has 0 saturated carbocycles. The average Bonchev–Trinajstić information content (AvgIpc) is 2.97. The number of nitrogens with zero attached hydrogens (tertiary/aromatic N) is 4. The van der Waals surface area contributed by atoms with Gasteiger partial charge in [0.25, 0.3) is 10.6 Å². The first-order valence-electron chi connectivity index (χ1n) is 15.2. The lowest BCUT2D eigenvalue weighted by Gasteiger charge is -2.42. The Morgan fingerprint density at radius 3 is 2.61 bits per heavy atom. The van der Waals surface area contributed by atoms with Crippen molar-refractivity contribution in [2.24, 2.45) is 0 Å². The summed E-state index contributed by atoms with van der Waals surface area (Å²) in [6, 6.07) is 4.34. The highest BCUT2D eigenvalue weighted by molar-refractivity contribution is 7.89. The van der Waals surface area contributed by atoms with Crippen LogP contribution in [-0.4, -0.2) is 104 Å². The van der Waals surface area contributed by atoms with Gasteiger partial charge < -0.3 is 30.0 Å². The topological polar surface area (TPSA) is 210 Å². The first-order chi connectivity index (χ1) is 21.9. The van der Waals surface area contributed by atoms with Crippen LogP contribution in [0.25, 0.3) is 11.4 Å². The van der Waals surface area contributed by atoms with Gasteiger partial charge in [-0.25, -0.2) is 13.4 Å². The van der Waals surface area contributed by atoms with Crippen molar-refractivity contribution in [1.29, 1.82) is 5.41 Å². The lowest BCUT2D eigenvalue weighted by atomic mass is 10.1. The van der Waals surface area contributed by atoms with Crippen LogP contribution in [0.2, 0.25) is 0 Å². The number of anilines is 1. The molecule has 2 heterocycles.